The lowest BCUT2D eigenvalue weighted by molar-refractivity contribution is -0.138. The van der Waals surface area contributed by atoms with Crippen LogP contribution in [-0.2, 0) is 9.59 Å². The third-order valence-electron chi connectivity index (χ3n) is 10.5. The lowest BCUT2D eigenvalue weighted by Crippen LogP contribution is -2.52. The lowest BCUT2D eigenvalue weighted by atomic mass is 9.44. The van der Waals surface area contributed by atoms with E-state index in [1.54, 1.807) is 5.57 Å². The molecule has 0 aliphatic heterocycles. The summed E-state index contributed by atoms with van der Waals surface area (Å²) in [5, 5.41) is 9.48. The molecule has 3 nitrogen and oxygen atoms in total. The first-order valence-electron chi connectivity index (χ1n) is 13.4. The minimum atomic E-state index is -0.694. The molecule has 0 spiro atoms. The van der Waals surface area contributed by atoms with E-state index < -0.39 is 5.97 Å². The molecule has 0 bridgehead atoms. The number of carbonyl (C=O) groups excluding carboxylic acids is 1. The second kappa shape index (κ2) is 9.34. The molecule has 3 rings (SSSR count). The fraction of sp³-hybridized carbons (Fsp3) is 0.800. The van der Waals surface area contributed by atoms with Crippen LogP contribution in [0.4, 0.5) is 0 Å². The van der Waals surface area contributed by atoms with E-state index in [1.165, 1.54) is 24.8 Å². The Bertz CT molecular complexity index is 822. The van der Waals surface area contributed by atoms with Crippen LogP contribution in [0.3, 0.4) is 0 Å². The molecular weight excluding hydrogens is 408 g/mol. The summed E-state index contributed by atoms with van der Waals surface area (Å²) in [6.45, 7) is 20.4. The van der Waals surface area contributed by atoms with Gasteiger partial charge >= 0.3 is 5.97 Å². The quantitative estimate of drug-likeness (QED) is 0.359. The third-order valence-corrected chi connectivity index (χ3v) is 10.5. The molecule has 3 heteroatoms. The SMILES string of the molecule is C=C(C)[C@@H]1CC=C2[C@@H](CC[C@]3(C)[C@@H]([C@H](C)CC(=O)CC(C)C)CC[C@@]23C)[C@@]1(C)CCC(=O)O. The molecule has 186 valence electrons. The minimum Gasteiger partial charge on any atom is -0.481 e. The first-order valence-corrected chi connectivity index (χ1v) is 13.4. The molecule has 0 amide bonds. The summed E-state index contributed by atoms with van der Waals surface area (Å²) in [4.78, 5) is 24.2. The predicted octanol–water partition coefficient (Wildman–Crippen LogP) is 7.85. The number of carbonyl (C=O) groups is 2. The molecule has 0 aromatic heterocycles. The van der Waals surface area contributed by atoms with Crippen molar-refractivity contribution in [2.24, 2.45) is 45.8 Å². The Morgan fingerprint density at radius 1 is 1.12 bits per heavy atom. The van der Waals surface area contributed by atoms with Gasteiger partial charge < -0.3 is 5.11 Å². The number of allylic oxidation sites excluding steroid dienone is 3. The molecule has 0 aromatic carbocycles. The number of ketones is 1. The maximum Gasteiger partial charge on any atom is 0.303 e. The van der Waals surface area contributed by atoms with Crippen LogP contribution >= 0.6 is 0 Å². The Morgan fingerprint density at radius 3 is 2.36 bits per heavy atom. The molecule has 0 saturated heterocycles. The van der Waals surface area contributed by atoms with Gasteiger partial charge in [-0.2, -0.15) is 0 Å². The van der Waals surface area contributed by atoms with Crippen molar-refractivity contribution in [2.45, 2.75) is 106 Å². The van der Waals surface area contributed by atoms with Gasteiger partial charge in [0, 0.05) is 19.3 Å². The number of hydrogen-bond acceptors (Lipinski definition) is 2. The summed E-state index contributed by atoms with van der Waals surface area (Å²) in [5.74, 6) is 1.94. The lowest BCUT2D eigenvalue weighted by Gasteiger charge is -2.60. The van der Waals surface area contributed by atoms with Crippen molar-refractivity contribution in [3.05, 3.63) is 23.8 Å². The summed E-state index contributed by atoms with van der Waals surface area (Å²) >= 11 is 0. The van der Waals surface area contributed by atoms with E-state index in [0.29, 0.717) is 48.2 Å². The Kier molecular flexibility index (Phi) is 7.43. The van der Waals surface area contributed by atoms with E-state index in [2.05, 4.69) is 61.1 Å². The molecule has 33 heavy (non-hydrogen) atoms. The highest BCUT2D eigenvalue weighted by molar-refractivity contribution is 5.78. The van der Waals surface area contributed by atoms with Crippen LogP contribution in [-0.4, -0.2) is 16.9 Å². The van der Waals surface area contributed by atoms with Crippen molar-refractivity contribution in [1.29, 1.82) is 0 Å². The van der Waals surface area contributed by atoms with Crippen molar-refractivity contribution < 1.29 is 14.7 Å². The van der Waals surface area contributed by atoms with Gasteiger partial charge in [-0.25, -0.2) is 0 Å². The van der Waals surface area contributed by atoms with Gasteiger partial charge in [-0.3, -0.25) is 9.59 Å². The van der Waals surface area contributed by atoms with Crippen LogP contribution in [0.2, 0.25) is 0 Å². The monoisotopic (exact) mass is 456 g/mol. The highest BCUT2D eigenvalue weighted by Crippen LogP contribution is 2.71. The molecule has 2 fully saturated rings. The summed E-state index contributed by atoms with van der Waals surface area (Å²) in [7, 11) is 0. The van der Waals surface area contributed by atoms with Crippen LogP contribution in [0.1, 0.15) is 106 Å². The van der Waals surface area contributed by atoms with E-state index in [1.807, 2.05) is 0 Å². The average Bonchev–Trinajstić information content (AvgIpc) is 2.97. The standard InChI is InChI=1S/C30H48O3/c1-19(2)17-22(31)18-21(5)24-11-15-30(8)26-10-9-23(20(3)4)28(6,14-13-27(32)33)25(26)12-16-29(24,30)7/h10,19,21,23-25H,3,9,11-18H2,1-2,4-8H3,(H,32,33)/t21-,23+,24-,25-,28+,29-,30+/m1/s1. The number of Topliss-reactive ketones (excluding diaryl/α,β-unsaturated/α-hetero) is 1. The highest BCUT2D eigenvalue weighted by atomic mass is 16.4. The van der Waals surface area contributed by atoms with Crippen molar-refractivity contribution >= 4 is 11.8 Å². The second-order valence-corrected chi connectivity index (χ2v) is 13.0. The van der Waals surface area contributed by atoms with E-state index in [0.717, 1.165) is 19.3 Å². The second-order valence-electron chi connectivity index (χ2n) is 13.0. The van der Waals surface area contributed by atoms with Gasteiger partial charge in [0.25, 0.3) is 0 Å². The fourth-order valence-corrected chi connectivity index (χ4v) is 8.63. The average molecular weight is 457 g/mol. The number of rotatable bonds is 9. The van der Waals surface area contributed by atoms with Crippen molar-refractivity contribution in [1.82, 2.24) is 0 Å². The molecule has 0 heterocycles. The summed E-state index contributed by atoms with van der Waals surface area (Å²) in [6, 6.07) is 0. The number of aliphatic carboxylic acids is 1. The zero-order valence-electron chi connectivity index (χ0n) is 22.3. The fourth-order valence-electron chi connectivity index (χ4n) is 8.63. The Morgan fingerprint density at radius 2 is 1.79 bits per heavy atom. The molecule has 3 aliphatic carbocycles. The Labute approximate surface area is 202 Å². The van der Waals surface area contributed by atoms with E-state index >= 15 is 0 Å². The predicted molar refractivity (Wildman–Crippen MR) is 136 cm³/mol. The van der Waals surface area contributed by atoms with Crippen molar-refractivity contribution in [2.75, 3.05) is 0 Å². The van der Waals surface area contributed by atoms with Crippen molar-refractivity contribution in [3.8, 4) is 0 Å². The number of carboxylic acid groups (broad SMARTS) is 1. The van der Waals surface area contributed by atoms with Crippen molar-refractivity contribution in [3.63, 3.8) is 0 Å². The number of carboxylic acids is 1. The van der Waals surface area contributed by atoms with Gasteiger partial charge in [0.15, 0.2) is 0 Å². The summed E-state index contributed by atoms with van der Waals surface area (Å²) in [5.41, 5.74) is 3.09. The van der Waals surface area contributed by atoms with Gasteiger partial charge in [-0.1, -0.05) is 65.3 Å². The van der Waals surface area contributed by atoms with E-state index in [-0.39, 0.29) is 22.7 Å². The Hall–Kier alpha value is -1.38. The molecule has 1 N–H and O–H groups in total. The largest absolute Gasteiger partial charge is 0.481 e. The molecular formula is C30H48O3. The molecule has 0 unspecified atom stereocenters. The van der Waals surface area contributed by atoms with Crippen LogP contribution < -0.4 is 0 Å². The van der Waals surface area contributed by atoms with E-state index in [4.69, 9.17) is 0 Å². The zero-order chi connectivity index (χ0) is 24.8. The van der Waals surface area contributed by atoms with Crippen LogP contribution in [0.15, 0.2) is 23.8 Å². The molecule has 0 aromatic rings. The van der Waals surface area contributed by atoms with Gasteiger partial charge in [0.1, 0.15) is 5.78 Å². The first kappa shape index (κ1) is 26.2. The van der Waals surface area contributed by atoms with Gasteiger partial charge in [0.2, 0.25) is 0 Å². The number of hydrogen-bond donors (Lipinski definition) is 1. The molecule has 3 aliphatic rings. The van der Waals surface area contributed by atoms with Gasteiger partial charge in [0.05, 0.1) is 0 Å². The maximum atomic E-state index is 12.6. The zero-order valence-corrected chi connectivity index (χ0v) is 22.3. The summed E-state index contributed by atoms with van der Waals surface area (Å²) in [6.07, 6.45) is 10.6. The minimum absolute atomic E-state index is 0.0461. The van der Waals surface area contributed by atoms with Crippen LogP contribution in [0.5, 0.6) is 0 Å². The molecule has 0 radical (unpaired) electrons. The number of fused-ring (bicyclic) bond motifs is 3. The molecule has 2 saturated carbocycles. The maximum absolute atomic E-state index is 12.6. The summed E-state index contributed by atoms with van der Waals surface area (Å²) < 4.78 is 0. The Balaban J connectivity index is 1.90. The van der Waals surface area contributed by atoms with Gasteiger partial charge in [-0.15, -0.1) is 0 Å². The topological polar surface area (TPSA) is 54.4 Å². The van der Waals surface area contributed by atoms with Gasteiger partial charge in [-0.05, 0) is 91.3 Å². The smallest absolute Gasteiger partial charge is 0.303 e. The normalized spacial score (nSPS) is 38.9. The third kappa shape index (κ3) is 4.50. The highest BCUT2D eigenvalue weighted by Gasteiger charge is 2.63. The van der Waals surface area contributed by atoms with Crippen LogP contribution in [0, 0.1) is 45.8 Å². The first-order chi connectivity index (χ1) is 15.3. The molecule has 7 atom stereocenters. The van der Waals surface area contributed by atoms with Crippen LogP contribution in [0.25, 0.3) is 0 Å². The van der Waals surface area contributed by atoms with E-state index in [9.17, 15) is 14.7 Å².